The predicted octanol–water partition coefficient (Wildman–Crippen LogP) is 16.1. The summed E-state index contributed by atoms with van der Waals surface area (Å²) < 4.78 is 13.2. The second-order valence-electron chi connectivity index (χ2n) is 16.5. The molecule has 3 aromatic heterocycles. The summed E-state index contributed by atoms with van der Waals surface area (Å²) in [5.41, 5.74) is 14.2. The molecule has 0 amide bonds. The Morgan fingerprint density at radius 2 is 0.894 bits per heavy atom. The van der Waals surface area contributed by atoms with E-state index in [-0.39, 0.29) is 0 Å². The molecule has 0 saturated heterocycles. The van der Waals surface area contributed by atoms with Gasteiger partial charge in [0.25, 0.3) is 0 Å². The van der Waals surface area contributed by atoms with Gasteiger partial charge in [0.2, 0.25) is 0 Å². The van der Waals surface area contributed by atoms with Crippen molar-refractivity contribution in [3.8, 4) is 78.7 Å². The fraction of sp³-hybridized carbons (Fsp3) is 0. The van der Waals surface area contributed by atoms with E-state index in [0.717, 1.165) is 93.9 Å². The fourth-order valence-electron chi connectivity index (χ4n) is 9.48. The molecule has 0 aliphatic rings. The van der Waals surface area contributed by atoms with E-state index in [1.165, 1.54) is 16.3 Å². The van der Waals surface area contributed by atoms with Gasteiger partial charge in [-0.3, -0.25) is 0 Å². The smallest absolute Gasteiger partial charge is 0.186 e. The van der Waals surface area contributed by atoms with Crippen LogP contribution in [0.2, 0.25) is 0 Å². The minimum Gasteiger partial charge on any atom is -0.456 e. The first-order chi connectivity index (χ1) is 32.7. The molecule has 0 bridgehead atoms. The second-order valence-corrected chi connectivity index (χ2v) is 16.5. The van der Waals surface area contributed by atoms with Gasteiger partial charge in [0.1, 0.15) is 16.7 Å². The Hall–Kier alpha value is -9.11. The summed E-state index contributed by atoms with van der Waals surface area (Å²) in [6, 6.07) is 80.1. The number of para-hydroxylation sites is 2. The van der Waals surface area contributed by atoms with Gasteiger partial charge in [-0.05, 0) is 86.1 Å². The van der Waals surface area contributed by atoms with E-state index in [1.54, 1.807) is 0 Å². The number of rotatable bonds is 7. The summed E-state index contributed by atoms with van der Waals surface area (Å²) in [5.74, 6) is 1.58. The van der Waals surface area contributed by atoms with Gasteiger partial charge in [0, 0.05) is 49.9 Å². The molecule has 0 radical (unpaired) electrons. The molecule has 66 heavy (non-hydrogen) atoms. The third-order valence-corrected chi connectivity index (χ3v) is 12.6. The molecule has 13 aromatic rings. The van der Waals surface area contributed by atoms with Crippen molar-refractivity contribution in [3.63, 3.8) is 0 Å². The van der Waals surface area contributed by atoms with E-state index in [2.05, 4.69) is 176 Å². The molecule has 3 heterocycles. The van der Waals surface area contributed by atoms with Crippen LogP contribution in [0.4, 0.5) is 0 Å². The first-order valence-electron chi connectivity index (χ1n) is 22.0. The van der Waals surface area contributed by atoms with Crippen LogP contribution in [-0.2, 0) is 0 Å². The molecule has 0 N–H and O–H groups in total. The lowest BCUT2D eigenvalue weighted by molar-refractivity contribution is 0.669. The molecular weight excluding hydrogens is 807 g/mol. The minimum absolute atomic E-state index is 0.499. The molecule has 10 aromatic carbocycles. The van der Waals surface area contributed by atoms with Crippen LogP contribution < -0.4 is 0 Å². The van der Waals surface area contributed by atoms with Gasteiger partial charge in [-0.2, -0.15) is 0 Å². The zero-order valence-corrected chi connectivity index (χ0v) is 35.4. The van der Waals surface area contributed by atoms with Crippen molar-refractivity contribution < 1.29 is 8.83 Å². The van der Waals surface area contributed by atoms with Crippen molar-refractivity contribution in [2.24, 2.45) is 0 Å². The van der Waals surface area contributed by atoms with Gasteiger partial charge in [0.15, 0.2) is 23.1 Å². The van der Waals surface area contributed by atoms with Crippen LogP contribution in [0.3, 0.4) is 0 Å². The summed E-state index contributed by atoms with van der Waals surface area (Å²) in [5, 5.41) is 6.14. The van der Waals surface area contributed by atoms with Gasteiger partial charge in [-0.15, -0.1) is 0 Å². The predicted molar refractivity (Wildman–Crippen MR) is 268 cm³/mol. The van der Waals surface area contributed by atoms with Crippen molar-refractivity contribution in [2.75, 3.05) is 0 Å². The maximum atomic E-state index is 6.83. The Morgan fingerprint density at radius 1 is 0.333 bits per heavy atom. The fourth-order valence-corrected chi connectivity index (χ4v) is 9.48. The third kappa shape index (κ3) is 6.31. The van der Waals surface area contributed by atoms with Crippen molar-refractivity contribution >= 4 is 54.6 Å². The molecule has 5 nitrogen and oxygen atoms in total. The zero-order valence-electron chi connectivity index (χ0n) is 35.4. The number of nitrogens with zero attached hydrogens (tertiary/aromatic N) is 3. The number of aromatic nitrogens is 3. The summed E-state index contributed by atoms with van der Waals surface area (Å²) in [4.78, 5) is 15.8. The first kappa shape index (κ1) is 37.4. The van der Waals surface area contributed by atoms with Gasteiger partial charge < -0.3 is 8.83 Å². The molecule has 0 spiro atoms. The Kier molecular flexibility index (Phi) is 8.68. The number of hydrogen-bond donors (Lipinski definition) is 0. The maximum absolute atomic E-state index is 6.83. The van der Waals surface area contributed by atoms with Crippen LogP contribution in [0.1, 0.15) is 0 Å². The van der Waals surface area contributed by atoms with Crippen LogP contribution in [0.15, 0.2) is 221 Å². The Morgan fingerprint density at radius 3 is 1.68 bits per heavy atom. The molecular formula is C61H35N3O2. The van der Waals surface area contributed by atoms with E-state index in [1.807, 2.05) is 48.5 Å². The van der Waals surface area contributed by atoms with Crippen molar-refractivity contribution in [2.45, 2.75) is 0 Å². The van der Waals surface area contributed by atoms with E-state index < -0.39 is 0 Å². The summed E-state index contributed by atoms with van der Waals surface area (Å²) in [6.07, 6.45) is 0. The average Bonchev–Trinajstić information content (AvgIpc) is 3.98. The molecule has 306 valence electrons. The van der Waals surface area contributed by atoms with Crippen LogP contribution in [0.25, 0.3) is 133 Å². The highest BCUT2D eigenvalue weighted by Gasteiger charge is 2.22. The lowest BCUT2D eigenvalue weighted by atomic mass is 9.92. The number of hydrogen-bond acceptors (Lipinski definition) is 5. The topological polar surface area (TPSA) is 65.0 Å². The Labute approximate surface area is 379 Å². The van der Waals surface area contributed by atoms with Crippen molar-refractivity contribution in [1.82, 2.24) is 15.0 Å². The molecule has 0 saturated carbocycles. The quantitative estimate of drug-likeness (QED) is 0.160. The minimum atomic E-state index is 0.499. The van der Waals surface area contributed by atoms with Gasteiger partial charge in [-0.1, -0.05) is 182 Å². The standard InChI is InChI=1S/C61H35N3O2/c1-3-15-38(16-4-1)43-35-44(39-17-5-2-6-18-39)37-45(36-43)48-24-12-25-50-57-52(27-14-30-55(57)66-58(48)50)61-63-59(42-33-31-41(32-34-42)47-23-11-20-40-19-7-8-21-46(40)47)62-60(64-61)51-26-13-29-54-56(51)49-22-9-10-28-53(49)65-54/h1-13,15-29,31-37H. The molecule has 13 rings (SSSR count). The number of furan rings is 2. The van der Waals surface area contributed by atoms with Crippen LogP contribution in [-0.4, -0.2) is 15.0 Å². The zero-order chi connectivity index (χ0) is 43.6. The van der Waals surface area contributed by atoms with Crippen LogP contribution >= 0.6 is 0 Å². The summed E-state index contributed by atoms with van der Waals surface area (Å²) >= 11 is 0. The third-order valence-electron chi connectivity index (χ3n) is 12.6. The van der Waals surface area contributed by atoms with E-state index >= 15 is 0 Å². The molecule has 5 heteroatoms. The maximum Gasteiger partial charge on any atom is 0.186 e. The molecule has 0 atom stereocenters. The molecule has 0 aliphatic carbocycles. The number of fused-ring (bicyclic) bond motifs is 7. The monoisotopic (exact) mass is 841 g/mol. The van der Waals surface area contributed by atoms with Gasteiger partial charge >= 0.3 is 0 Å². The van der Waals surface area contributed by atoms with Crippen molar-refractivity contribution in [1.29, 1.82) is 0 Å². The Balaban J connectivity index is 1.01. The van der Waals surface area contributed by atoms with Crippen LogP contribution in [0, 0.1) is 12.1 Å². The SMILES string of the molecule is c1cc(-c2nc(-c3ccc(-c4cccc5ccccc45)cc3)nc(-c3cccc4oc5ccccc5c34)n2)c2c(c#1)oc1c(-c3cc(-c4ccccc4)cc(-c4ccccc4)c3)cccc12. The van der Waals surface area contributed by atoms with E-state index in [4.69, 9.17) is 23.8 Å². The largest absolute Gasteiger partial charge is 0.456 e. The summed E-state index contributed by atoms with van der Waals surface area (Å²) in [7, 11) is 0. The van der Waals surface area contributed by atoms with Crippen molar-refractivity contribution in [3.05, 3.63) is 224 Å². The molecule has 0 fully saturated rings. The van der Waals surface area contributed by atoms with E-state index in [9.17, 15) is 0 Å². The van der Waals surface area contributed by atoms with Crippen LogP contribution in [0.5, 0.6) is 0 Å². The highest BCUT2D eigenvalue weighted by molar-refractivity contribution is 6.15. The lowest BCUT2D eigenvalue weighted by Crippen LogP contribution is -2.00. The first-order valence-corrected chi connectivity index (χ1v) is 22.0. The molecule has 0 aliphatic heterocycles. The lowest BCUT2D eigenvalue weighted by Gasteiger charge is -2.12. The van der Waals surface area contributed by atoms with Gasteiger partial charge in [0.05, 0.1) is 0 Å². The molecule has 0 unspecified atom stereocenters. The second kappa shape index (κ2) is 15.3. The normalized spacial score (nSPS) is 11.5. The number of benzene rings is 9. The van der Waals surface area contributed by atoms with E-state index in [0.29, 0.717) is 23.1 Å². The Bertz CT molecular complexity index is 3920. The highest BCUT2D eigenvalue weighted by atomic mass is 16.3. The summed E-state index contributed by atoms with van der Waals surface area (Å²) in [6.45, 7) is 0. The highest BCUT2D eigenvalue weighted by Crippen LogP contribution is 2.43. The average molecular weight is 842 g/mol. The van der Waals surface area contributed by atoms with Gasteiger partial charge in [-0.25, -0.2) is 15.0 Å².